The van der Waals surface area contributed by atoms with Crippen molar-refractivity contribution in [2.24, 2.45) is 0 Å². The van der Waals surface area contributed by atoms with Gasteiger partial charge in [-0.05, 0) is 59.7 Å². The molecular formula is C19H18N6O. The largest absolute Gasteiger partial charge is 0.358 e. The van der Waals surface area contributed by atoms with Crippen molar-refractivity contribution < 1.29 is 4.79 Å². The summed E-state index contributed by atoms with van der Waals surface area (Å²) < 4.78 is 1.59. The lowest BCUT2D eigenvalue weighted by molar-refractivity contribution is -0.115. The summed E-state index contributed by atoms with van der Waals surface area (Å²) in [4.78, 5) is 15.9. The molecule has 0 aliphatic heterocycles. The predicted molar refractivity (Wildman–Crippen MR) is 99.3 cm³/mol. The molecule has 1 amide bonds. The fourth-order valence-corrected chi connectivity index (χ4v) is 3.19. The van der Waals surface area contributed by atoms with Crippen molar-refractivity contribution in [2.45, 2.75) is 20.3 Å². The molecule has 0 fully saturated rings. The van der Waals surface area contributed by atoms with Gasteiger partial charge in [-0.1, -0.05) is 18.2 Å². The lowest BCUT2D eigenvalue weighted by Crippen LogP contribution is -2.15. The second kappa shape index (κ2) is 6.44. The van der Waals surface area contributed by atoms with Gasteiger partial charge in [0.15, 0.2) is 0 Å². The topological polar surface area (TPSA) is 88.5 Å². The van der Waals surface area contributed by atoms with Crippen LogP contribution in [0.4, 0.5) is 5.69 Å². The minimum absolute atomic E-state index is 0.0487. The summed E-state index contributed by atoms with van der Waals surface area (Å²) in [5.74, 6) is -0.0487. The number of aromatic nitrogens is 5. The van der Waals surface area contributed by atoms with Crippen molar-refractivity contribution in [3.8, 4) is 5.69 Å². The first-order valence-electron chi connectivity index (χ1n) is 8.32. The van der Waals surface area contributed by atoms with Crippen LogP contribution in [0.3, 0.4) is 0 Å². The highest BCUT2D eigenvalue weighted by Crippen LogP contribution is 2.23. The van der Waals surface area contributed by atoms with Gasteiger partial charge >= 0.3 is 0 Å². The highest BCUT2D eigenvalue weighted by molar-refractivity contribution is 5.96. The Labute approximate surface area is 150 Å². The maximum absolute atomic E-state index is 12.5. The highest BCUT2D eigenvalue weighted by Gasteiger charge is 2.13. The number of fused-ring (bicyclic) bond motifs is 1. The van der Waals surface area contributed by atoms with Crippen LogP contribution in [-0.4, -0.2) is 31.1 Å². The normalized spacial score (nSPS) is 11.0. The maximum atomic E-state index is 12.5. The van der Waals surface area contributed by atoms with Crippen molar-refractivity contribution in [1.29, 1.82) is 0 Å². The first kappa shape index (κ1) is 16.0. The average molecular weight is 346 g/mol. The quantitative estimate of drug-likeness (QED) is 0.595. The third-order valence-electron chi connectivity index (χ3n) is 4.44. The van der Waals surface area contributed by atoms with E-state index in [2.05, 4.69) is 25.8 Å². The van der Waals surface area contributed by atoms with Gasteiger partial charge in [0.2, 0.25) is 5.91 Å². The van der Waals surface area contributed by atoms with E-state index in [-0.39, 0.29) is 5.91 Å². The number of amides is 1. The molecule has 0 bridgehead atoms. The molecule has 7 heteroatoms. The SMILES string of the molecule is Cc1cc(NC(=O)Cc2c(C)[nH]c3ccccc23)ccc1-n1cnnn1. The van der Waals surface area contributed by atoms with Crippen molar-refractivity contribution >= 4 is 22.5 Å². The van der Waals surface area contributed by atoms with E-state index < -0.39 is 0 Å². The summed E-state index contributed by atoms with van der Waals surface area (Å²) in [5.41, 5.74) is 5.70. The minimum Gasteiger partial charge on any atom is -0.358 e. The third kappa shape index (κ3) is 2.95. The van der Waals surface area contributed by atoms with Gasteiger partial charge in [-0.25, -0.2) is 4.68 Å². The molecule has 2 heterocycles. The van der Waals surface area contributed by atoms with Crippen LogP contribution in [0.5, 0.6) is 0 Å². The van der Waals surface area contributed by atoms with Crippen molar-refractivity contribution in [2.75, 3.05) is 5.32 Å². The second-order valence-electron chi connectivity index (χ2n) is 6.25. The molecule has 0 aliphatic carbocycles. The van der Waals surface area contributed by atoms with Gasteiger partial charge in [-0.3, -0.25) is 4.79 Å². The second-order valence-corrected chi connectivity index (χ2v) is 6.25. The summed E-state index contributed by atoms with van der Waals surface area (Å²) in [5, 5.41) is 15.2. The van der Waals surface area contributed by atoms with Gasteiger partial charge in [0, 0.05) is 22.3 Å². The number of tetrazole rings is 1. The Morgan fingerprint density at radius 3 is 2.81 bits per heavy atom. The fraction of sp³-hybridized carbons (Fsp3) is 0.158. The predicted octanol–water partition coefficient (Wildman–Crippen LogP) is 2.94. The molecule has 0 unspecified atom stereocenters. The van der Waals surface area contributed by atoms with Crippen LogP contribution in [0.25, 0.3) is 16.6 Å². The molecule has 0 aliphatic rings. The number of carbonyl (C=O) groups is 1. The number of aryl methyl sites for hydroxylation is 2. The van der Waals surface area contributed by atoms with Gasteiger partial charge in [-0.15, -0.1) is 5.10 Å². The standard InChI is InChI=1S/C19H18N6O/c1-12-9-14(7-8-18(12)25-11-20-23-24-25)22-19(26)10-16-13(2)21-17-6-4-3-5-15(16)17/h3-9,11,21H,10H2,1-2H3,(H,22,26). The number of anilines is 1. The van der Waals surface area contributed by atoms with Crippen molar-refractivity contribution in [3.05, 3.63) is 65.6 Å². The number of H-pyrrole nitrogens is 1. The smallest absolute Gasteiger partial charge is 0.228 e. The first-order valence-corrected chi connectivity index (χ1v) is 8.32. The fourth-order valence-electron chi connectivity index (χ4n) is 3.19. The molecule has 130 valence electrons. The minimum atomic E-state index is -0.0487. The van der Waals surface area contributed by atoms with Gasteiger partial charge < -0.3 is 10.3 Å². The monoisotopic (exact) mass is 346 g/mol. The number of para-hydroxylation sites is 1. The van der Waals surface area contributed by atoms with Crippen LogP contribution in [0.15, 0.2) is 48.8 Å². The van der Waals surface area contributed by atoms with Gasteiger partial charge in [0.05, 0.1) is 12.1 Å². The van der Waals surface area contributed by atoms with Crippen LogP contribution in [0, 0.1) is 13.8 Å². The molecular weight excluding hydrogens is 328 g/mol. The maximum Gasteiger partial charge on any atom is 0.228 e. The molecule has 2 aromatic carbocycles. The molecule has 7 nitrogen and oxygen atoms in total. The van der Waals surface area contributed by atoms with E-state index in [4.69, 9.17) is 0 Å². The molecule has 0 saturated carbocycles. The van der Waals surface area contributed by atoms with E-state index in [9.17, 15) is 4.79 Å². The zero-order chi connectivity index (χ0) is 18.1. The third-order valence-corrected chi connectivity index (χ3v) is 4.44. The van der Waals surface area contributed by atoms with Crippen molar-refractivity contribution in [3.63, 3.8) is 0 Å². The molecule has 4 rings (SSSR count). The number of nitrogens with one attached hydrogen (secondary N) is 2. The van der Waals surface area contributed by atoms with Gasteiger partial charge in [0.25, 0.3) is 0 Å². The summed E-state index contributed by atoms with van der Waals surface area (Å²) >= 11 is 0. The molecule has 0 radical (unpaired) electrons. The highest BCUT2D eigenvalue weighted by atomic mass is 16.1. The summed E-state index contributed by atoms with van der Waals surface area (Å²) in [6, 6.07) is 13.7. The Balaban J connectivity index is 1.53. The lowest BCUT2D eigenvalue weighted by atomic mass is 10.1. The number of hydrogen-bond acceptors (Lipinski definition) is 4. The number of aromatic amines is 1. The van der Waals surface area contributed by atoms with E-state index in [1.807, 2.05) is 56.3 Å². The van der Waals surface area contributed by atoms with E-state index in [1.165, 1.54) is 0 Å². The van der Waals surface area contributed by atoms with Crippen LogP contribution < -0.4 is 5.32 Å². The number of hydrogen-bond donors (Lipinski definition) is 2. The molecule has 2 N–H and O–H groups in total. The molecule has 0 spiro atoms. The number of carbonyl (C=O) groups excluding carboxylic acids is 1. The Morgan fingerprint density at radius 1 is 1.19 bits per heavy atom. The van der Waals surface area contributed by atoms with Crippen LogP contribution >= 0.6 is 0 Å². The molecule has 0 atom stereocenters. The Bertz CT molecular complexity index is 1080. The zero-order valence-corrected chi connectivity index (χ0v) is 14.5. The summed E-state index contributed by atoms with van der Waals surface area (Å²) in [6.45, 7) is 3.95. The molecule has 4 aromatic rings. The summed E-state index contributed by atoms with van der Waals surface area (Å²) in [7, 11) is 0. The van der Waals surface area contributed by atoms with Crippen LogP contribution in [-0.2, 0) is 11.2 Å². The first-order chi connectivity index (χ1) is 12.6. The molecule has 2 aromatic heterocycles. The zero-order valence-electron chi connectivity index (χ0n) is 14.5. The van der Waals surface area contributed by atoms with E-state index >= 15 is 0 Å². The Hall–Kier alpha value is -3.48. The lowest BCUT2D eigenvalue weighted by Gasteiger charge is -2.09. The number of rotatable bonds is 4. The van der Waals surface area contributed by atoms with Crippen LogP contribution in [0.2, 0.25) is 0 Å². The van der Waals surface area contributed by atoms with Crippen LogP contribution in [0.1, 0.15) is 16.8 Å². The van der Waals surface area contributed by atoms with E-state index in [0.29, 0.717) is 6.42 Å². The number of nitrogens with zero attached hydrogens (tertiary/aromatic N) is 4. The number of benzene rings is 2. The molecule has 0 saturated heterocycles. The van der Waals surface area contributed by atoms with E-state index in [1.54, 1.807) is 11.0 Å². The van der Waals surface area contributed by atoms with Gasteiger partial charge in [0.1, 0.15) is 6.33 Å². The average Bonchev–Trinajstić information content (AvgIpc) is 3.24. The van der Waals surface area contributed by atoms with E-state index in [0.717, 1.165) is 39.1 Å². The summed E-state index contributed by atoms with van der Waals surface area (Å²) in [6.07, 6.45) is 1.87. The molecule has 26 heavy (non-hydrogen) atoms. The Morgan fingerprint density at radius 2 is 2.04 bits per heavy atom. The van der Waals surface area contributed by atoms with Gasteiger partial charge in [-0.2, -0.15) is 0 Å². The van der Waals surface area contributed by atoms with Crippen molar-refractivity contribution in [1.82, 2.24) is 25.2 Å². The Kier molecular flexibility index (Phi) is 3.96.